The molecule has 0 aromatic heterocycles. The Hall–Kier alpha value is -2.30. The molecule has 1 aliphatic heterocycles. The van der Waals surface area contributed by atoms with Gasteiger partial charge in [0, 0.05) is 31.8 Å². The molecule has 6 nitrogen and oxygen atoms in total. The lowest BCUT2D eigenvalue weighted by molar-refractivity contribution is -0.0505. The zero-order valence-corrected chi connectivity index (χ0v) is 18.3. The molecular weight excluding hydrogens is 495 g/mol. The summed E-state index contributed by atoms with van der Waals surface area (Å²) in [6, 6.07) is 13.3. The van der Waals surface area contributed by atoms with Gasteiger partial charge in [-0.3, -0.25) is 4.99 Å². The molecule has 0 atom stereocenters. The first-order valence-corrected chi connectivity index (χ1v) is 9.01. The predicted octanol–water partition coefficient (Wildman–Crippen LogP) is 3.93. The minimum Gasteiger partial charge on any atom is -0.454 e. The van der Waals surface area contributed by atoms with E-state index in [2.05, 4.69) is 32.5 Å². The Morgan fingerprint density at radius 1 is 1.14 bits per heavy atom. The van der Waals surface area contributed by atoms with Crippen LogP contribution in [0.25, 0.3) is 0 Å². The van der Waals surface area contributed by atoms with Gasteiger partial charge in [0.05, 0.1) is 0 Å². The molecule has 0 spiro atoms. The number of hydrogen-bond acceptors (Lipinski definition) is 4. The molecule has 0 amide bonds. The van der Waals surface area contributed by atoms with E-state index in [4.69, 9.17) is 9.47 Å². The van der Waals surface area contributed by atoms with Crippen molar-refractivity contribution in [3.05, 3.63) is 53.6 Å². The fraction of sp³-hybridized carbons (Fsp3) is 0.350. The Balaban J connectivity index is 0.00000300. The van der Waals surface area contributed by atoms with Gasteiger partial charge in [-0.2, -0.15) is 8.78 Å². The normalized spacial score (nSPS) is 12.5. The lowest BCUT2D eigenvalue weighted by Crippen LogP contribution is -2.37. The van der Waals surface area contributed by atoms with Crippen molar-refractivity contribution in [2.45, 2.75) is 26.0 Å². The van der Waals surface area contributed by atoms with Crippen LogP contribution in [-0.4, -0.2) is 33.0 Å². The summed E-state index contributed by atoms with van der Waals surface area (Å²) in [5.74, 6) is 1.52. The van der Waals surface area contributed by atoms with Crippen molar-refractivity contribution in [1.29, 1.82) is 0 Å². The Kier molecular flexibility index (Phi) is 9.23. The van der Waals surface area contributed by atoms with Crippen molar-refractivity contribution >= 4 is 29.9 Å². The van der Waals surface area contributed by atoms with Crippen molar-refractivity contribution in [1.82, 2.24) is 10.6 Å². The number of alkyl halides is 2. The third-order valence-electron chi connectivity index (χ3n) is 4.22. The molecule has 1 aliphatic rings. The summed E-state index contributed by atoms with van der Waals surface area (Å²) >= 11 is 0. The van der Waals surface area contributed by atoms with Crippen LogP contribution in [0.5, 0.6) is 17.2 Å². The summed E-state index contributed by atoms with van der Waals surface area (Å²) in [5, 5.41) is 6.32. The van der Waals surface area contributed by atoms with Crippen molar-refractivity contribution in [3.63, 3.8) is 0 Å². The maximum Gasteiger partial charge on any atom is 0.387 e. The van der Waals surface area contributed by atoms with E-state index in [-0.39, 0.29) is 43.1 Å². The Morgan fingerprint density at radius 3 is 2.55 bits per heavy atom. The molecule has 9 heteroatoms. The summed E-state index contributed by atoms with van der Waals surface area (Å²) in [6.45, 7) is -1.88. The van der Waals surface area contributed by atoms with E-state index in [1.807, 2.05) is 18.2 Å². The van der Waals surface area contributed by atoms with Crippen molar-refractivity contribution in [3.8, 4) is 17.2 Å². The summed E-state index contributed by atoms with van der Waals surface area (Å²) in [4.78, 5) is 4.16. The van der Waals surface area contributed by atoms with Gasteiger partial charge in [-0.1, -0.05) is 30.3 Å². The minimum atomic E-state index is -2.92. The zero-order valence-electron chi connectivity index (χ0n) is 16.0. The van der Waals surface area contributed by atoms with Gasteiger partial charge < -0.3 is 24.8 Å². The van der Waals surface area contributed by atoms with Crippen LogP contribution in [0.1, 0.15) is 17.5 Å². The molecule has 158 valence electrons. The smallest absolute Gasteiger partial charge is 0.387 e. The number of benzene rings is 2. The Morgan fingerprint density at radius 2 is 1.86 bits per heavy atom. The molecule has 0 unspecified atom stereocenters. The minimum absolute atomic E-state index is 0. The highest BCUT2D eigenvalue weighted by Gasteiger charge is 2.20. The topological polar surface area (TPSA) is 64.1 Å². The second-order valence-electron chi connectivity index (χ2n) is 6.13. The van der Waals surface area contributed by atoms with Gasteiger partial charge in [-0.25, -0.2) is 0 Å². The number of guanidine groups is 1. The zero-order chi connectivity index (χ0) is 19.8. The standard InChI is InChI=1S/C20H23F2N3O3.HI/c1-23-20(24-9-5-8-14-6-3-2-4-7-14)25-12-15-10-17-18(27-13-26-17)11-16(15)28-19(21)22;/h2-4,6-7,10-11,19H,5,8-9,12-13H2,1H3,(H2,23,24,25);1H. The first-order chi connectivity index (χ1) is 13.7. The highest BCUT2D eigenvalue weighted by atomic mass is 127. The number of halogens is 3. The molecule has 0 saturated heterocycles. The monoisotopic (exact) mass is 519 g/mol. The van der Waals surface area contributed by atoms with Crippen LogP contribution >= 0.6 is 24.0 Å². The van der Waals surface area contributed by atoms with Crippen molar-refractivity contribution in [2.24, 2.45) is 4.99 Å². The van der Waals surface area contributed by atoms with Gasteiger partial charge >= 0.3 is 6.61 Å². The first-order valence-electron chi connectivity index (χ1n) is 9.01. The Bertz CT molecular complexity index is 807. The van der Waals surface area contributed by atoms with E-state index in [1.165, 1.54) is 11.6 Å². The number of rotatable bonds is 8. The number of hydrogen-bond donors (Lipinski definition) is 2. The molecule has 2 aromatic rings. The second-order valence-corrected chi connectivity index (χ2v) is 6.13. The highest BCUT2D eigenvalue weighted by Crippen LogP contribution is 2.38. The molecule has 0 saturated carbocycles. The fourth-order valence-electron chi connectivity index (χ4n) is 2.85. The predicted molar refractivity (Wildman–Crippen MR) is 118 cm³/mol. The summed E-state index contributed by atoms with van der Waals surface area (Å²) < 4.78 is 40.6. The van der Waals surface area contributed by atoms with Gasteiger partial charge in [0.25, 0.3) is 0 Å². The van der Waals surface area contributed by atoms with E-state index in [9.17, 15) is 8.78 Å². The third-order valence-corrected chi connectivity index (χ3v) is 4.22. The van der Waals surface area contributed by atoms with Gasteiger partial charge in [-0.15, -0.1) is 24.0 Å². The molecule has 0 aliphatic carbocycles. The van der Waals surface area contributed by atoms with Crippen LogP contribution < -0.4 is 24.8 Å². The molecule has 1 heterocycles. The number of ether oxygens (including phenoxy) is 3. The number of nitrogens with one attached hydrogen (secondary N) is 2. The number of aryl methyl sites for hydroxylation is 1. The van der Waals surface area contributed by atoms with E-state index >= 15 is 0 Å². The van der Waals surface area contributed by atoms with E-state index in [0.717, 1.165) is 19.4 Å². The average molecular weight is 519 g/mol. The quantitative estimate of drug-likeness (QED) is 0.240. The lowest BCUT2D eigenvalue weighted by Gasteiger charge is -2.15. The largest absolute Gasteiger partial charge is 0.454 e. The third kappa shape index (κ3) is 6.91. The first kappa shape index (κ1) is 23.0. The van der Waals surface area contributed by atoms with Gasteiger partial charge in [-0.05, 0) is 24.5 Å². The number of fused-ring (bicyclic) bond motifs is 1. The molecule has 29 heavy (non-hydrogen) atoms. The van der Waals surface area contributed by atoms with Gasteiger partial charge in [0.2, 0.25) is 6.79 Å². The number of aliphatic imine (C=N–C) groups is 1. The fourth-order valence-corrected chi connectivity index (χ4v) is 2.85. The Labute approximate surface area is 185 Å². The van der Waals surface area contributed by atoms with E-state index in [1.54, 1.807) is 13.1 Å². The molecular formula is C20H24F2IN3O3. The molecule has 2 aromatic carbocycles. The highest BCUT2D eigenvalue weighted by molar-refractivity contribution is 14.0. The SMILES string of the molecule is CN=C(NCCCc1ccccc1)NCc1cc2c(cc1OC(F)F)OCO2.I. The van der Waals surface area contributed by atoms with E-state index < -0.39 is 6.61 Å². The van der Waals surface area contributed by atoms with Gasteiger partial charge in [0.15, 0.2) is 17.5 Å². The summed E-state index contributed by atoms with van der Waals surface area (Å²) in [6.07, 6.45) is 1.90. The van der Waals surface area contributed by atoms with Crippen LogP contribution in [0.2, 0.25) is 0 Å². The maximum atomic E-state index is 12.7. The molecule has 3 rings (SSSR count). The van der Waals surface area contributed by atoms with Crippen LogP contribution in [0.3, 0.4) is 0 Å². The van der Waals surface area contributed by atoms with Crippen LogP contribution in [0.15, 0.2) is 47.5 Å². The molecule has 2 N–H and O–H groups in total. The molecule has 0 fully saturated rings. The molecule has 0 radical (unpaired) electrons. The maximum absolute atomic E-state index is 12.7. The van der Waals surface area contributed by atoms with Crippen molar-refractivity contribution in [2.75, 3.05) is 20.4 Å². The summed E-state index contributed by atoms with van der Waals surface area (Å²) in [7, 11) is 1.66. The van der Waals surface area contributed by atoms with Crippen molar-refractivity contribution < 1.29 is 23.0 Å². The summed E-state index contributed by atoms with van der Waals surface area (Å²) in [5.41, 5.74) is 1.80. The average Bonchev–Trinajstić information content (AvgIpc) is 3.15. The van der Waals surface area contributed by atoms with E-state index in [0.29, 0.717) is 23.0 Å². The van der Waals surface area contributed by atoms with Crippen LogP contribution in [-0.2, 0) is 13.0 Å². The van der Waals surface area contributed by atoms with Crippen LogP contribution in [0.4, 0.5) is 8.78 Å². The van der Waals surface area contributed by atoms with Gasteiger partial charge in [0.1, 0.15) is 5.75 Å². The number of nitrogens with zero attached hydrogens (tertiary/aromatic N) is 1. The lowest BCUT2D eigenvalue weighted by atomic mass is 10.1. The van der Waals surface area contributed by atoms with Crippen LogP contribution in [0, 0.1) is 0 Å². The second kappa shape index (κ2) is 11.6. The molecule has 0 bridgehead atoms.